The van der Waals surface area contributed by atoms with Gasteiger partial charge in [-0.15, -0.1) is 0 Å². The van der Waals surface area contributed by atoms with Gasteiger partial charge in [0.25, 0.3) is 0 Å². The molecule has 1 aliphatic heterocycles. The summed E-state index contributed by atoms with van der Waals surface area (Å²) in [5, 5.41) is 0. The lowest BCUT2D eigenvalue weighted by Crippen LogP contribution is -2.18. The molecular weight excluding hydrogens is 288 g/mol. The van der Waals surface area contributed by atoms with Crippen LogP contribution in [0.4, 0.5) is 0 Å². The number of halogens is 1. The predicted octanol–water partition coefficient (Wildman–Crippen LogP) is 4.17. The Morgan fingerprint density at radius 3 is 2.94 bits per heavy atom. The van der Waals surface area contributed by atoms with Gasteiger partial charge in [0, 0.05) is 22.4 Å². The molecule has 2 heterocycles. The van der Waals surface area contributed by atoms with Gasteiger partial charge in [-0.25, -0.2) is 4.98 Å². The van der Waals surface area contributed by atoms with E-state index in [0.717, 1.165) is 12.2 Å². The van der Waals surface area contributed by atoms with E-state index in [1.165, 1.54) is 21.2 Å². The number of hydrogen-bond donors (Lipinski definition) is 0. The molecule has 0 N–H and O–H groups in total. The van der Waals surface area contributed by atoms with E-state index in [2.05, 4.69) is 68.1 Å². The van der Waals surface area contributed by atoms with Crippen LogP contribution in [0.2, 0.25) is 0 Å². The summed E-state index contributed by atoms with van der Waals surface area (Å²) in [6.07, 6.45) is 9.45. The zero-order chi connectivity index (χ0) is 12.1. The lowest BCUT2D eigenvalue weighted by Gasteiger charge is -2.31. The van der Waals surface area contributed by atoms with Crippen molar-refractivity contribution in [2.24, 2.45) is 0 Å². The first kappa shape index (κ1) is 10.3. The van der Waals surface area contributed by atoms with E-state index in [1.807, 2.05) is 6.20 Å². The number of imidazole rings is 1. The van der Waals surface area contributed by atoms with Gasteiger partial charge in [0.05, 0.1) is 6.04 Å². The highest BCUT2D eigenvalue weighted by atomic mass is 79.9. The van der Waals surface area contributed by atoms with Crippen LogP contribution >= 0.6 is 15.9 Å². The second-order valence-corrected chi connectivity index (χ2v) is 5.56. The maximum absolute atomic E-state index is 4.51. The Balaban J connectivity index is 2.06. The van der Waals surface area contributed by atoms with Gasteiger partial charge in [-0.1, -0.05) is 46.3 Å². The fourth-order valence-corrected chi connectivity index (χ4v) is 3.31. The molecule has 0 fully saturated rings. The van der Waals surface area contributed by atoms with Crippen LogP contribution < -0.4 is 0 Å². The molecule has 0 bridgehead atoms. The summed E-state index contributed by atoms with van der Waals surface area (Å²) < 4.78 is 3.46. The predicted molar refractivity (Wildman–Crippen MR) is 76.3 cm³/mol. The van der Waals surface area contributed by atoms with Crippen molar-refractivity contribution < 1.29 is 0 Å². The van der Waals surface area contributed by atoms with Crippen LogP contribution in [0, 0.1) is 0 Å². The minimum absolute atomic E-state index is 0.388. The standard InChI is InChI=1S/C15H11BrN2/c16-10-5-6-14-13(9-10)11-3-1-2-4-12(11)15-17-7-8-18(14)15/h1-5,7-9,14H,6H2. The second-order valence-electron chi connectivity index (χ2n) is 4.64. The van der Waals surface area contributed by atoms with Gasteiger partial charge in [0.2, 0.25) is 0 Å². The van der Waals surface area contributed by atoms with Crippen LogP contribution in [0.25, 0.3) is 17.0 Å². The average molecular weight is 299 g/mol. The van der Waals surface area contributed by atoms with E-state index in [-0.39, 0.29) is 0 Å². The van der Waals surface area contributed by atoms with E-state index in [9.17, 15) is 0 Å². The molecule has 2 aliphatic rings. The molecule has 2 nitrogen and oxygen atoms in total. The highest BCUT2D eigenvalue weighted by Gasteiger charge is 2.29. The topological polar surface area (TPSA) is 17.8 Å². The largest absolute Gasteiger partial charge is 0.323 e. The van der Waals surface area contributed by atoms with Crippen LogP contribution in [0.3, 0.4) is 0 Å². The number of hydrogen-bond acceptors (Lipinski definition) is 1. The molecule has 0 saturated heterocycles. The lowest BCUT2D eigenvalue weighted by molar-refractivity contribution is 0.621. The molecule has 1 aromatic heterocycles. The van der Waals surface area contributed by atoms with Crippen molar-refractivity contribution in [2.45, 2.75) is 12.5 Å². The van der Waals surface area contributed by atoms with Gasteiger partial charge >= 0.3 is 0 Å². The van der Waals surface area contributed by atoms with Crippen molar-refractivity contribution in [2.75, 3.05) is 0 Å². The Bertz CT molecular complexity index is 694. The van der Waals surface area contributed by atoms with Gasteiger partial charge in [0.15, 0.2) is 0 Å². The van der Waals surface area contributed by atoms with Crippen molar-refractivity contribution in [3.63, 3.8) is 0 Å². The van der Waals surface area contributed by atoms with E-state index in [1.54, 1.807) is 0 Å². The van der Waals surface area contributed by atoms with Gasteiger partial charge < -0.3 is 4.57 Å². The normalized spacial score (nSPS) is 20.4. The monoisotopic (exact) mass is 298 g/mol. The third kappa shape index (κ3) is 1.31. The molecule has 0 radical (unpaired) electrons. The quantitative estimate of drug-likeness (QED) is 0.714. The summed E-state index contributed by atoms with van der Waals surface area (Å²) in [7, 11) is 0. The Morgan fingerprint density at radius 1 is 1.22 bits per heavy atom. The molecule has 1 atom stereocenters. The third-order valence-electron chi connectivity index (χ3n) is 3.67. The maximum Gasteiger partial charge on any atom is 0.141 e. The Hall–Kier alpha value is -1.61. The average Bonchev–Trinajstić information content (AvgIpc) is 2.88. The van der Waals surface area contributed by atoms with Crippen LogP contribution in [-0.4, -0.2) is 9.55 Å². The fourth-order valence-electron chi connectivity index (χ4n) is 2.88. The number of aromatic nitrogens is 2. The van der Waals surface area contributed by atoms with Gasteiger partial charge in [-0.05, 0) is 23.6 Å². The first-order valence-corrected chi connectivity index (χ1v) is 6.84. The van der Waals surface area contributed by atoms with Crippen LogP contribution in [0.15, 0.2) is 53.3 Å². The number of benzene rings is 1. The summed E-state index contributed by atoms with van der Waals surface area (Å²) in [6, 6.07) is 8.90. The minimum Gasteiger partial charge on any atom is -0.323 e. The summed E-state index contributed by atoms with van der Waals surface area (Å²) in [5.74, 6) is 1.08. The molecule has 1 aromatic carbocycles. The SMILES string of the molecule is BrC1=CCC2C(=C1)c1ccccc1-c1nccn12. The summed E-state index contributed by atoms with van der Waals surface area (Å²) in [4.78, 5) is 4.51. The highest BCUT2D eigenvalue weighted by molar-refractivity contribution is 9.11. The van der Waals surface area contributed by atoms with Crippen molar-refractivity contribution in [1.29, 1.82) is 0 Å². The van der Waals surface area contributed by atoms with E-state index in [0.29, 0.717) is 6.04 Å². The molecule has 0 saturated carbocycles. The van der Waals surface area contributed by atoms with Crippen molar-refractivity contribution in [3.05, 3.63) is 58.9 Å². The van der Waals surface area contributed by atoms with Crippen LogP contribution in [0.1, 0.15) is 18.0 Å². The second kappa shape index (κ2) is 3.69. The first-order valence-electron chi connectivity index (χ1n) is 6.04. The van der Waals surface area contributed by atoms with Gasteiger partial charge in [-0.2, -0.15) is 0 Å². The lowest BCUT2D eigenvalue weighted by atomic mass is 9.86. The Kier molecular flexibility index (Phi) is 2.12. The molecule has 0 spiro atoms. The fraction of sp³-hybridized carbons (Fsp3) is 0.133. The number of allylic oxidation sites excluding steroid dienone is 4. The molecule has 1 aliphatic carbocycles. The maximum atomic E-state index is 4.51. The molecule has 3 heteroatoms. The molecular formula is C15H11BrN2. The highest BCUT2D eigenvalue weighted by Crippen LogP contribution is 2.45. The summed E-state index contributed by atoms with van der Waals surface area (Å²) in [5.41, 5.74) is 3.92. The summed E-state index contributed by atoms with van der Waals surface area (Å²) >= 11 is 3.59. The number of fused-ring (bicyclic) bond motifs is 6. The van der Waals surface area contributed by atoms with E-state index in [4.69, 9.17) is 0 Å². The number of nitrogens with zero attached hydrogens (tertiary/aromatic N) is 2. The molecule has 4 rings (SSSR count). The zero-order valence-electron chi connectivity index (χ0n) is 9.68. The van der Waals surface area contributed by atoms with Crippen LogP contribution in [0.5, 0.6) is 0 Å². The Morgan fingerprint density at radius 2 is 2.06 bits per heavy atom. The van der Waals surface area contributed by atoms with Crippen molar-refractivity contribution in [3.8, 4) is 11.4 Å². The van der Waals surface area contributed by atoms with Crippen LogP contribution in [-0.2, 0) is 0 Å². The first-order chi connectivity index (χ1) is 8.84. The third-order valence-corrected chi connectivity index (χ3v) is 4.22. The minimum atomic E-state index is 0.388. The van der Waals surface area contributed by atoms with Crippen molar-refractivity contribution in [1.82, 2.24) is 9.55 Å². The summed E-state index contributed by atoms with van der Waals surface area (Å²) in [6.45, 7) is 0. The zero-order valence-corrected chi connectivity index (χ0v) is 11.3. The molecule has 88 valence electrons. The molecule has 0 amide bonds. The van der Waals surface area contributed by atoms with Gasteiger partial charge in [0.1, 0.15) is 5.82 Å². The smallest absolute Gasteiger partial charge is 0.141 e. The van der Waals surface area contributed by atoms with Gasteiger partial charge in [-0.3, -0.25) is 0 Å². The number of rotatable bonds is 0. The Labute approximate surface area is 114 Å². The van der Waals surface area contributed by atoms with Crippen molar-refractivity contribution >= 4 is 21.5 Å². The van der Waals surface area contributed by atoms with E-state index < -0.39 is 0 Å². The van der Waals surface area contributed by atoms with E-state index >= 15 is 0 Å². The molecule has 1 unspecified atom stereocenters. The molecule has 2 aromatic rings. The molecule has 18 heavy (non-hydrogen) atoms.